The molecule has 0 saturated carbocycles. The minimum Gasteiger partial charge on any atom is -0.480 e. The molecule has 5 heteroatoms. The lowest BCUT2D eigenvalue weighted by atomic mass is 9.80. The predicted molar refractivity (Wildman–Crippen MR) is 69.1 cm³/mol. The molecule has 5 nitrogen and oxygen atoms in total. The van der Waals surface area contributed by atoms with Crippen LogP contribution in [0.3, 0.4) is 0 Å². The molecule has 0 bridgehead atoms. The maximum Gasteiger partial charge on any atom is 0.326 e. The second kappa shape index (κ2) is 6.18. The van der Waals surface area contributed by atoms with Gasteiger partial charge in [0.1, 0.15) is 6.04 Å². The molecule has 1 fully saturated rings. The van der Waals surface area contributed by atoms with Crippen LogP contribution in [0.1, 0.15) is 46.0 Å². The van der Waals surface area contributed by atoms with Crippen molar-refractivity contribution in [1.82, 2.24) is 4.90 Å². The number of amides is 1. The average Bonchev–Trinajstić information content (AvgIpc) is 2.41. The minimum absolute atomic E-state index is 0.0814. The van der Waals surface area contributed by atoms with E-state index in [-0.39, 0.29) is 12.5 Å². The first-order valence-electron chi connectivity index (χ1n) is 6.76. The number of aliphatic carboxylic acids is 1. The highest BCUT2D eigenvalue weighted by Gasteiger charge is 2.41. The van der Waals surface area contributed by atoms with Gasteiger partial charge in [0.25, 0.3) is 0 Å². The molecular formula is C13H24N2O3. The van der Waals surface area contributed by atoms with Crippen LogP contribution in [0.4, 0.5) is 0 Å². The van der Waals surface area contributed by atoms with Crippen LogP contribution in [0.15, 0.2) is 0 Å². The molecule has 104 valence electrons. The largest absolute Gasteiger partial charge is 0.480 e. The number of hydrogen-bond acceptors (Lipinski definition) is 3. The molecular weight excluding hydrogens is 232 g/mol. The number of carboxylic acids is 1. The topological polar surface area (TPSA) is 83.6 Å². The summed E-state index contributed by atoms with van der Waals surface area (Å²) in [4.78, 5) is 25.4. The summed E-state index contributed by atoms with van der Waals surface area (Å²) in [6, 6.07) is -0.671. The summed E-state index contributed by atoms with van der Waals surface area (Å²) in [6.07, 6.45) is 3.61. The van der Waals surface area contributed by atoms with Crippen LogP contribution < -0.4 is 5.73 Å². The maximum atomic E-state index is 12.6. The molecule has 0 radical (unpaired) electrons. The molecule has 0 unspecified atom stereocenters. The lowest BCUT2D eigenvalue weighted by Crippen LogP contribution is -2.55. The van der Waals surface area contributed by atoms with Gasteiger partial charge in [-0.3, -0.25) is 4.79 Å². The van der Waals surface area contributed by atoms with E-state index in [1.807, 2.05) is 13.8 Å². The van der Waals surface area contributed by atoms with E-state index >= 15 is 0 Å². The molecule has 1 atom stereocenters. The Hall–Kier alpha value is -1.10. The standard InChI is InChI=1S/C13H24N2O3/c1-3-13(4-2,9-14)12(18)15-8-6-5-7-10(15)11(16)17/h10H,3-9,14H2,1-2H3,(H,16,17)/t10-/m1/s1. The van der Waals surface area contributed by atoms with Gasteiger partial charge >= 0.3 is 5.97 Å². The summed E-state index contributed by atoms with van der Waals surface area (Å²) >= 11 is 0. The van der Waals surface area contributed by atoms with Gasteiger partial charge in [-0.1, -0.05) is 13.8 Å². The zero-order valence-electron chi connectivity index (χ0n) is 11.3. The van der Waals surface area contributed by atoms with E-state index in [2.05, 4.69) is 0 Å². The fraction of sp³-hybridized carbons (Fsp3) is 0.846. The van der Waals surface area contributed by atoms with Crippen LogP contribution in [-0.2, 0) is 9.59 Å². The predicted octanol–water partition coefficient (Wildman–Crippen LogP) is 1.22. The summed E-state index contributed by atoms with van der Waals surface area (Å²) in [5, 5.41) is 9.22. The van der Waals surface area contributed by atoms with Gasteiger partial charge in [0.15, 0.2) is 0 Å². The van der Waals surface area contributed by atoms with Gasteiger partial charge in [-0.25, -0.2) is 4.79 Å². The van der Waals surface area contributed by atoms with Gasteiger partial charge in [-0.05, 0) is 32.1 Å². The Morgan fingerprint density at radius 2 is 1.94 bits per heavy atom. The van der Waals surface area contributed by atoms with Crippen LogP contribution in [0.2, 0.25) is 0 Å². The number of nitrogens with zero attached hydrogens (tertiary/aromatic N) is 1. The molecule has 1 rings (SSSR count). The van der Waals surface area contributed by atoms with Crippen molar-refractivity contribution < 1.29 is 14.7 Å². The summed E-state index contributed by atoms with van der Waals surface area (Å²) < 4.78 is 0. The number of rotatable bonds is 5. The highest BCUT2D eigenvalue weighted by Crippen LogP contribution is 2.31. The molecule has 1 aliphatic rings. The Morgan fingerprint density at radius 3 is 2.39 bits per heavy atom. The Bertz CT molecular complexity index is 305. The average molecular weight is 256 g/mol. The third kappa shape index (κ3) is 2.66. The third-order valence-corrected chi connectivity index (χ3v) is 4.25. The number of carbonyl (C=O) groups is 2. The van der Waals surface area contributed by atoms with Crippen molar-refractivity contribution in [2.45, 2.75) is 52.0 Å². The first-order valence-corrected chi connectivity index (χ1v) is 6.76. The number of carbonyl (C=O) groups excluding carboxylic acids is 1. The summed E-state index contributed by atoms with van der Waals surface area (Å²) in [7, 11) is 0. The quantitative estimate of drug-likeness (QED) is 0.774. The molecule has 0 spiro atoms. The molecule has 1 heterocycles. The van der Waals surface area contributed by atoms with Gasteiger partial charge in [0, 0.05) is 13.1 Å². The first kappa shape index (κ1) is 15.0. The van der Waals surface area contributed by atoms with Crippen molar-refractivity contribution in [3.63, 3.8) is 0 Å². The lowest BCUT2D eigenvalue weighted by molar-refractivity contribution is -0.157. The Kier molecular flexibility index (Phi) is 5.14. The molecule has 0 aromatic rings. The van der Waals surface area contributed by atoms with E-state index in [1.165, 1.54) is 4.90 Å². The fourth-order valence-corrected chi connectivity index (χ4v) is 2.66. The maximum absolute atomic E-state index is 12.6. The Balaban J connectivity index is 2.95. The highest BCUT2D eigenvalue weighted by molar-refractivity contribution is 5.88. The van der Waals surface area contributed by atoms with Crippen molar-refractivity contribution >= 4 is 11.9 Å². The van der Waals surface area contributed by atoms with Crippen LogP contribution in [0.25, 0.3) is 0 Å². The highest BCUT2D eigenvalue weighted by atomic mass is 16.4. The molecule has 0 aromatic heterocycles. The van der Waals surface area contributed by atoms with E-state index in [1.54, 1.807) is 0 Å². The number of carboxylic acid groups (broad SMARTS) is 1. The van der Waals surface area contributed by atoms with Gasteiger partial charge < -0.3 is 15.7 Å². The van der Waals surface area contributed by atoms with Crippen LogP contribution in [0, 0.1) is 5.41 Å². The minimum atomic E-state index is -0.902. The van der Waals surface area contributed by atoms with Crippen molar-refractivity contribution in [2.24, 2.45) is 11.1 Å². The van der Waals surface area contributed by atoms with Gasteiger partial charge in [-0.15, -0.1) is 0 Å². The summed E-state index contributed by atoms with van der Waals surface area (Å²) in [5.74, 6) is -0.983. The lowest BCUT2D eigenvalue weighted by Gasteiger charge is -2.40. The molecule has 1 saturated heterocycles. The second-order valence-corrected chi connectivity index (χ2v) is 5.04. The van der Waals surface area contributed by atoms with Crippen molar-refractivity contribution in [3.05, 3.63) is 0 Å². The van der Waals surface area contributed by atoms with Crippen molar-refractivity contribution in [2.75, 3.05) is 13.1 Å². The number of likely N-dealkylation sites (tertiary alicyclic amines) is 1. The summed E-state index contributed by atoms with van der Waals surface area (Å²) in [6.45, 7) is 4.70. The zero-order valence-corrected chi connectivity index (χ0v) is 11.3. The van der Waals surface area contributed by atoms with E-state index in [0.717, 1.165) is 12.8 Å². The molecule has 3 N–H and O–H groups in total. The number of hydrogen-bond donors (Lipinski definition) is 2. The SMILES string of the molecule is CCC(CC)(CN)C(=O)N1CCCC[C@@H]1C(=O)O. The van der Waals surface area contributed by atoms with Gasteiger partial charge in [-0.2, -0.15) is 0 Å². The van der Waals surface area contributed by atoms with Crippen LogP contribution in [0.5, 0.6) is 0 Å². The Labute approximate surface area is 108 Å². The van der Waals surface area contributed by atoms with Crippen molar-refractivity contribution in [1.29, 1.82) is 0 Å². The monoisotopic (exact) mass is 256 g/mol. The van der Waals surface area contributed by atoms with E-state index in [4.69, 9.17) is 5.73 Å². The normalized spacial score (nSPS) is 20.8. The molecule has 1 amide bonds. The third-order valence-electron chi connectivity index (χ3n) is 4.25. The number of piperidine rings is 1. The number of nitrogens with two attached hydrogens (primary N) is 1. The molecule has 0 aliphatic carbocycles. The molecule has 0 aromatic carbocycles. The van der Waals surface area contributed by atoms with Gasteiger partial charge in [0.05, 0.1) is 5.41 Å². The van der Waals surface area contributed by atoms with Crippen LogP contribution >= 0.6 is 0 Å². The van der Waals surface area contributed by atoms with E-state index < -0.39 is 17.4 Å². The van der Waals surface area contributed by atoms with Crippen molar-refractivity contribution in [3.8, 4) is 0 Å². The molecule has 18 heavy (non-hydrogen) atoms. The zero-order chi connectivity index (χ0) is 13.8. The van der Waals surface area contributed by atoms with Gasteiger partial charge in [0.2, 0.25) is 5.91 Å². The Morgan fingerprint density at radius 1 is 1.33 bits per heavy atom. The summed E-state index contributed by atoms with van der Waals surface area (Å²) in [5.41, 5.74) is 5.17. The van der Waals surface area contributed by atoms with E-state index in [0.29, 0.717) is 25.8 Å². The smallest absolute Gasteiger partial charge is 0.326 e. The van der Waals surface area contributed by atoms with Crippen LogP contribution in [-0.4, -0.2) is 41.0 Å². The fourth-order valence-electron chi connectivity index (χ4n) is 2.66. The second-order valence-electron chi connectivity index (χ2n) is 5.04. The van der Waals surface area contributed by atoms with E-state index in [9.17, 15) is 14.7 Å². The molecule has 1 aliphatic heterocycles. The first-order chi connectivity index (χ1) is 8.52.